The maximum atomic E-state index is 5.59. The molecule has 2 rings (SSSR count). The van der Waals surface area contributed by atoms with Crippen molar-refractivity contribution in [2.75, 3.05) is 0 Å². The van der Waals surface area contributed by atoms with Gasteiger partial charge in [-0.1, -0.05) is 11.6 Å². The second-order valence-electron chi connectivity index (χ2n) is 1.92. The molecule has 0 unspecified atom stereocenters. The van der Waals surface area contributed by atoms with Crippen LogP contribution in [0, 0.1) is 0 Å². The Bertz CT molecular complexity index is 398. The fraction of sp³-hybridized carbons (Fsp3) is 0. The third-order valence-corrected chi connectivity index (χ3v) is 1.57. The summed E-state index contributed by atoms with van der Waals surface area (Å²) in [5.41, 5.74) is 0.974. The predicted molar refractivity (Wildman–Crippen MR) is 41.8 cm³/mol. The maximum Gasteiger partial charge on any atom is 0.294 e. The van der Waals surface area contributed by atoms with Crippen molar-refractivity contribution in [3.05, 3.63) is 22.6 Å². The SMILES string of the molecule is Clc1ccc2oc(Cl)nc2n1. The van der Waals surface area contributed by atoms with Crippen LogP contribution in [0.15, 0.2) is 16.5 Å². The number of pyridine rings is 1. The lowest BCUT2D eigenvalue weighted by atomic mass is 10.5. The third-order valence-electron chi connectivity index (χ3n) is 1.19. The highest BCUT2D eigenvalue weighted by Gasteiger charge is 2.03. The Morgan fingerprint density at radius 1 is 1.18 bits per heavy atom. The van der Waals surface area contributed by atoms with Crippen LogP contribution in [0.2, 0.25) is 10.5 Å². The number of fused-ring (bicyclic) bond motifs is 1. The number of halogens is 2. The molecule has 2 heterocycles. The van der Waals surface area contributed by atoms with Gasteiger partial charge < -0.3 is 4.42 Å². The Morgan fingerprint density at radius 2 is 2.00 bits per heavy atom. The molecule has 3 nitrogen and oxygen atoms in total. The van der Waals surface area contributed by atoms with Crippen LogP contribution in [0.4, 0.5) is 0 Å². The molecule has 2 aromatic heterocycles. The van der Waals surface area contributed by atoms with Crippen LogP contribution in [0.25, 0.3) is 11.2 Å². The van der Waals surface area contributed by atoms with E-state index in [-0.39, 0.29) is 5.35 Å². The summed E-state index contributed by atoms with van der Waals surface area (Å²) in [7, 11) is 0. The number of nitrogens with zero attached hydrogens (tertiary/aromatic N) is 2. The monoisotopic (exact) mass is 188 g/mol. The van der Waals surface area contributed by atoms with Crippen molar-refractivity contribution in [2.45, 2.75) is 0 Å². The van der Waals surface area contributed by atoms with Gasteiger partial charge >= 0.3 is 0 Å². The molecule has 0 atom stereocenters. The van der Waals surface area contributed by atoms with Crippen molar-refractivity contribution in [2.24, 2.45) is 0 Å². The van der Waals surface area contributed by atoms with E-state index in [0.29, 0.717) is 16.4 Å². The van der Waals surface area contributed by atoms with E-state index >= 15 is 0 Å². The van der Waals surface area contributed by atoms with Crippen LogP contribution in [0.3, 0.4) is 0 Å². The number of rotatable bonds is 0. The van der Waals surface area contributed by atoms with Crippen LogP contribution < -0.4 is 0 Å². The van der Waals surface area contributed by atoms with Gasteiger partial charge in [-0.2, -0.15) is 4.98 Å². The molecule has 0 saturated heterocycles. The summed E-state index contributed by atoms with van der Waals surface area (Å²) in [5, 5.41) is 0.456. The van der Waals surface area contributed by atoms with Crippen molar-refractivity contribution in [3.63, 3.8) is 0 Å². The zero-order chi connectivity index (χ0) is 7.84. The number of aromatic nitrogens is 2. The highest BCUT2D eigenvalue weighted by molar-refractivity contribution is 6.30. The second-order valence-corrected chi connectivity index (χ2v) is 2.63. The average molecular weight is 189 g/mol. The van der Waals surface area contributed by atoms with E-state index < -0.39 is 0 Å². The van der Waals surface area contributed by atoms with Gasteiger partial charge in [0.25, 0.3) is 5.35 Å². The molecular formula is C6H2Cl2N2O. The van der Waals surface area contributed by atoms with E-state index in [4.69, 9.17) is 27.6 Å². The van der Waals surface area contributed by atoms with Crippen LogP contribution >= 0.6 is 23.2 Å². The van der Waals surface area contributed by atoms with E-state index in [9.17, 15) is 0 Å². The molecule has 0 radical (unpaired) electrons. The minimum absolute atomic E-state index is 0.0785. The van der Waals surface area contributed by atoms with Gasteiger partial charge in [0, 0.05) is 0 Å². The summed E-state index contributed by atoms with van der Waals surface area (Å²) < 4.78 is 4.96. The molecule has 0 saturated carbocycles. The Morgan fingerprint density at radius 3 is 2.82 bits per heavy atom. The van der Waals surface area contributed by atoms with Gasteiger partial charge in [0.2, 0.25) is 5.65 Å². The van der Waals surface area contributed by atoms with Crippen molar-refractivity contribution in [1.82, 2.24) is 9.97 Å². The molecule has 56 valence electrons. The normalized spacial score (nSPS) is 10.7. The lowest BCUT2D eigenvalue weighted by molar-refractivity contribution is 0.604. The van der Waals surface area contributed by atoms with Crippen LogP contribution in [0.1, 0.15) is 0 Å². The van der Waals surface area contributed by atoms with Crippen LogP contribution in [-0.4, -0.2) is 9.97 Å². The zero-order valence-corrected chi connectivity index (χ0v) is 6.73. The quantitative estimate of drug-likeness (QED) is 0.597. The second kappa shape index (κ2) is 2.36. The summed E-state index contributed by atoms with van der Waals surface area (Å²) >= 11 is 11.1. The summed E-state index contributed by atoms with van der Waals surface area (Å²) in [6, 6.07) is 3.29. The summed E-state index contributed by atoms with van der Waals surface area (Å²) in [6.07, 6.45) is 0. The first-order chi connectivity index (χ1) is 5.25. The first kappa shape index (κ1) is 6.88. The third kappa shape index (κ3) is 1.17. The Kier molecular flexibility index (Phi) is 1.47. The van der Waals surface area contributed by atoms with Crippen molar-refractivity contribution >= 4 is 34.4 Å². The lowest BCUT2D eigenvalue weighted by Gasteiger charge is -1.84. The van der Waals surface area contributed by atoms with Gasteiger partial charge in [-0.3, -0.25) is 0 Å². The summed E-state index contributed by atoms with van der Waals surface area (Å²) in [6.45, 7) is 0. The Balaban J connectivity index is 2.82. The topological polar surface area (TPSA) is 38.9 Å². The van der Waals surface area contributed by atoms with Gasteiger partial charge in [0.15, 0.2) is 5.58 Å². The molecule has 2 aromatic rings. The van der Waals surface area contributed by atoms with E-state index in [0.717, 1.165) is 0 Å². The van der Waals surface area contributed by atoms with Crippen molar-refractivity contribution < 1.29 is 4.42 Å². The molecule has 0 spiro atoms. The van der Waals surface area contributed by atoms with Crippen LogP contribution in [0.5, 0.6) is 0 Å². The number of hydrogen-bond donors (Lipinski definition) is 0. The first-order valence-corrected chi connectivity index (χ1v) is 3.60. The molecule has 5 heteroatoms. The van der Waals surface area contributed by atoms with Crippen molar-refractivity contribution in [3.8, 4) is 0 Å². The van der Waals surface area contributed by atoms with Gasteiger partial charge in [0.1, 0.15) is 5.15 Å². The first-order valence-electron chi connectivity index (χ1n) is 2.84. The molecule has 0 amide bonds. The highest BCUT2D eigenvalue weighted by Crippen LogP contribution is 2.18. The smallest absolute Gasteiger partial charge is 0.294 e. The molecule has 0 bridgehead atoms. The molecule has 0 N–H and O–H groups in total. The predicted octanol–water partition coefficient (Wildman–Crippen LogP) is 2.53. The highest BCUT2D eigenvalue weighted by atomic mass is 35.5. The standard InChI is InChI=1S/C6H2Cl2N2O/c7-4-2-1-3-5(9-4)10-6(8)11-3/h1-2H. The fourth-order valence-electron chi connectivity index (χ4n) is 0.769. The molecule has 0 aliphatic rings. The molecule has 11 heavy (non-hydrogen) atoms. The van der Waals surface area contributed by atoms with Crippen LogP contribution in [-0.2, 0) is 0 Å². The number of hydrogen-bond acceptors (Lipinski definition) is 3. The van der Waals surface area contributed by atoms with E-state index in [1.54, 1.807) is 12.1 Å². The van der Waals surface area contributed by atoms with Crippen molar-refractivity contribution in [1.29, 1.82) is 0 Å². The molecule has 0 aliphatic carbocycles. The summed E-state index contributed by atoms with van der Waals surface area (Å²) in [5.74, 6) is 0. The van der Waals surface area contributed by atoms with Gasteiger partial charge in [-0.25, -0.2) is 4.98 Å². The minimum atomic E-state index is 0.0785. The van der Waals surface area contributed by atoms with E-state index in [1.165, 1.54) is 0 Å². The minimum Gasteiger partial charge on any atom is -0.426 e. The molecule has 0 fully saturated rings. The van der Waals surface area contributed by atoms with E-state index in [1.807, 2.05) is 0 Å². The number of oxazole rings is 1. The maximum absolute atomic E-state index is 5.59. The fourth-order valence-corrected chi connectivity index (χ4v) is 1.08. The molecule has 0 aromatic carbocycles. The van der Waals surface area contributed by atoms with E-state index in [2.05, 4.69) is 9.97 Å². The largest absolute Gasteiger partial charge is 0.426 e. The zero-order valence-electron chi connectivity index (χ0n) is 5.21. The van der Waals surface area contributed by atoms with Gasteiger partial charge in [-0.05, 0) is 23.7 Å². The Hall–Kier alpha value is -0.800. The molecule has 0 aliphatic heterocycles. The molecular weight excluding hydrogens is 187 g/mol. The summed E-state index contributed by atoms with van der Waals surface area (Å²) in [4.78, 5) is 7.65. The van der Waals surface area contributed by atoms with Gasteiger partial charge in [0.05, 0.1) is 0 Å². The lowest BCUT2D eigenvalue weighted by Crippen LogP contribution is -1.75. The average Bonchev–Trinajstić information content (AvgIpc) is 2.27. The Labute approximate surface area is 72.0 Å². The van der Waals surface area contributed by atoms with Gasteiger partial charge in [-0.15, -0.1) is 0 Å².